The number of rotatable bonds is 3. The summed E-state index contributed by atoms with van der Waals surface area (Å²) in [6.45, 7) is 1.67. The molecule has 0 unspecified atom stereocenters. The third kappa shape index (κ3) is 4.57. The van der Waals surface area contributed by atoms with E-state index >= 15 is 0 Å². The molecular weight excluding hydrogens is 665 g/mol. The molecule has 0 amide bonds. The molecule has 0 N–H and O–H groups in total. The third-order valence-corrected chi connectivity index (χ3v) is 9.77. The number of carbonyl (C=O) groups is 1. The van der Waals surface area contributed by atoms with Gasteiger partial charge in [-0.15, -0.1) is 0 Å². The second-order valence-corrected chi connectivity index (χ2v) is 10.8. The summed E-state index contributed by atoms with van der Waals surface area (Å²) in [5, 5.41) is 0. The minimum Gasteiger partial charge on any atom is -0.423 e. The fraction of sp³-hybridized carbons (Fsp3) is 0.235. The summed E-state index contributed by atoms with van der Waals surface area (Å²) in [6, 6.07) is 11.9. The van der Waals surface area contributed by atoms with E-state index < -0.39 is 0 Å². The van der Waals surface area contributed by atoms with Crippen molar-refractivity contribution in [1.82, 2.24) is 0 Å². The van der Waals surface area contributed by atoms with Crippen molar-refractivity contribution in [2.24, 2.45) is 0 Å². The van der Waals surface area contributed by atoms with Gasteiger partial charge in [-0.2, -0.15) is 0 Å². The molecule has 1 aliphatic heterocycles. The van der Waals surface area contributed by atoms with Crippen LogP contribution in [0.15, 0.2) is 41.3 Å². The predicted molar refractivity (Wildman–Crippen MR) is 122 cm³/mol. The smallest absolute Gasteiger partial charge is 0.345 e. The van der Waals surface area contributed by atoms with Crippen LogP contribution in [0.2, 0.25) is 0 Å². The van der Waals surface area contributed by atoms with E-state index in [4.69, 9.17) is 9.47 Å². The fourth-order valence-corrected chi connectivity index (χ4v) is 6.49. The molecule has 24 heavy (non-hydrogen) atoms. The SMILES string of the molecule is O=C(Oc1ccc([S+]2CCOCC2)cc1)c1c(I)ccc(I)c1I. The Bertz CT molecular complexity index is 743. The van der Waals surface area contributed by atoms with Crippen molar-refractivity contribution < 1.29 is 14.3 Å². The van der Waals surface area contributed by atoms with E-state index in [1.54, 1.807) is 0 Å². The number of carbonyl (C=O) groups excluding carboxylic acids is 1. The highest BCUT2D eigenvalue weighted by atomic mass is 127. The van der Waals surface area contributed by atoms with Gasteiger partial charge < -0.3 is 9.47 Å². The molecule has 126 valence electrons. The van der Waals surface area contributed by atoms with Crippen LogP contribution in [0, 0.1) is 10.7 Å². The lowest BCUT2D eigenvalue weighted by Gasteiger charge is -2.14. The quantitative estimate of drug-likeness (QED) is 0.155. The van der Waals surface area contributed by atoms with Crippen LogP contribution < -0.4 is 4.74 Å². The lowest BCUT2D eigenvalue weighted by atomic mass is 10.2. The van der Waals surface area contributed by atoms with Gasteiger partial charge in [0.15, 0.2) is 4.90 Å². The second kappa shape index (κ2) is 8.87. The second-order valence-electron chi connectivity index (χ2n) is 5.09. The zero-order valence-corrected chi connectivity index (χ0v) is 19.8. The summed E-state index contributed by atoms with van der Waals surface area (Å²) in [5.41, 5.74) is 0.637. The summed E-state index contributed by atoms with van der Waals surface area (Å²) in [6.07, 6.45) is 0. The molecular formula is C17H14I3O3S+. The Kier molecular flexibility index (Phi) is 7.09. The van der Waals surface area contributed by atoms with Crippen molar-refractivity contribution in [2.75, 3.05) is 24.7 Å². The predicted octanol–water partition coefficient (Wildman–Crippen LogP) is 4.73. The number of esters is 1. The van der Waals surface area contributed by atoms with Crippen LogP contribution in [0.25, 0.3) is 0 Å². The molecule has 0 saturated carbocycles. The van der Waals surface area contributed by atoms with Gasteiger partial charge in [0, 0.05) is 21.6 Å². The first-order chi connectivity index (χ1) is 11.6. The molecule has 3 nitrogen and oxygen atoms in total. The van der Waals surface area contributed by atoms with Crippen molar-refractivity contribution >= 4 is 84.6 Å². The van der Waals surface area contributed by atoms with E-state index in [-0.39, 0.29) is 16.9 Å². The van der Waals surface area contributed by atoms with Gasteiger partial charge >= 0.3 is 5.97 Å². The Labute approximate surface area is 185 Å². The van der Waals surface area contributed by atoms with Crippen LogP contribution in [-0.2, 0) is 15.6 Å². The standard InChI is InChI=1S/C17H14I3O3S/c18-13-5-6-14(19)16(20)15(13)17(21)23-11-1-3-12(4-2-11)24-9-7-22-8-10-24/h1-6H,7-10H2/q+1. The third-order valence-electron chi connectivity index (χ3n) is 3.56. The normalized spacial score (nSPS) is 15.3. The Balaban J connectivity index is 1.74. The molecule has 0 atom stereocenters. The minimum absolute atomic E-state index is 0.256. The first-order valence-corrected chi connectivity index (χ1v) is 12.1. The number of ether oxygens (including phenoxy) is 2. The van der Waals surface area contributed by atoms with E-state index in [9.17, 15) is 4.79 Å². The van der Waals surface area contributed by atoms with E-state index in [0.717, 1.165) is 35.4 Å². The Morgan fingerprint density at radius 3 is 2.25 bits per heavy atom. The summed E-state index contributed by atoms with van der Waals surface area (Å²) in [7, 11) is 0.256. The van der Waals surface area contributed by atoms with E-state index in [1.807, 2.05) is 24.3 Å². The molecule has 1 heterocycles. The van der Waals surface area contributed by atoms with Crippen LogP contribution in [-0.4, -0.2) is 30.7 Å². The largest absolute Gasteiger partial charge is 0.423 e. The van der Waals surface area contributed by atoms with E-state index in [0.29, 0.717) is 11.3 Å². The van der Waals surface area contributed by atoms with Crippen LogP contribution in [0.5, 0.6) is 5.75 Å². The highest BCUT2D eigenvalue weighted by Gasteiger charge is 2.25. The molecule has 1 fully saturated rings. The monoisotopic (exact) mass is 679 g/mol. The fourth-order valence-electron chi connectivity index (χ4n) is 2.33. The van der Waals surface area contributed by atoms with Crippen LogP contribution in [0.3, 0.4) is 0 Å². The number of benzene rings is 2. The van der Waals surface area contributed by atoms with Gasteiger partial charge in [-0.3, -0.25) is 0 Å². The summed E-state index contributed by atoms with van der Waals surface area (Å²) < 4.78 is 13.9. The van der Waals surface area contributed by atoms with Crippen molar-refractivity contribution in [3.8, 4) is 5.75 Å². The molecule has 3 rings (SSSR count). The van der Waals surface area contributed by atoms with Crippen molar-refractivity contribution in [1.29, 1.82) is 0 Å². The lowest BCUT2D eigenvalue weighted by molar-refractivity contribution is 0.0732. The van der Waals surface area contributed by atoms with Crippen molar-refractivity contribution in [3.05, 3.63) is 52.7 Å². The van der Waals surface area contributed by atoms with Crippen LogP contribution in [0.1, 0.15) is 10.4 Å². The van der Waals surface area contributed by atoms with Gasteiger partial charge in [0.25, 0.3) is 0 Å². The summed E-state index contributed by atoms with van der Waals surface area (Å²) >= 11 is 6.61. The zero-order chi connectivity index (χ0) is 17.1. The van der Waals surface area contributed by atoms with E-state index in [1.165, 1.54) is 4.90 Å². The first kappa shape index (κ1) is 19.2. The number of halogens is 3. The molecule has 1 saturated heterocycles. The molecule has 1 aliphatic rings. The Morgan fingerprint density at radius 2 is 1.58 bits per heavy atom. The highest BCUT2D eigenvalue weighted by Crippen LogP contribution is 2.26. The zero-order valence-electron chi connectivity index (χ0n) is 12.6. The molecule has 0 aliphatic carbocycles. The average molecular weight is 679 g/mol. The molecule has 0 spiro atoms. The maximum Gasteiger partial charge on any atom is 0.345 e. The Morgan fingerprint density at radius 1 is 0.958 bits per heavy atom. The molecule has 2 aromatic rings. The minimum atomic E-state index is -0.302. The van der Waals surface area contributed by atoms with Gasteiger partial charge in [0.1, 0.15) is 17.3 Å². The average Bonchev–Trinajstić information content (AvgIpc) is 2.60. The summed E-state index contributed by atoms with van der Waals surface area (Å²) in [5.74, 6) is 2.45. The molecule has 2 aromatic carbocycles. The first-order valence-electron chi connectivity index (χ1n) is 7.27. The van der Waals surface area contributed by atoms with Gasteiger partial charge in [-0.25, -0.2) is 4.79 Å². The highest BCUT2D eigenvalue weighted by molar-refractivity contribution is 14.1. The Hall–Kier alpha value is 0.410. The number of hydrogen-bond donors (Lipinski definition) is 0. The number of hydrogen-bond acceptors (Lipinski definition) is 3. The lowest BCUT2D eigenvalue weighted by Crippen LogP contribution is -2.26. The molecule has 0 radical (unpaired) electrons. The molecule has 0 aromatic heterocycles. The maximum absolute atomic E-state index is 12.5. The van der Waals surface area contributed by atoms with Crippen molar-refractivity contribution in [2.45, 2.75) is 4.90 Å². The van der Waals surface area contributed by atoms with Crippen LogP contribution in [0.4, 0.5) is 0 Å². The maximum atomic E-state index is 12.5. The van der Waals surface area contributed by atoms with E-state index in [2.05, 4.69) is 79.9 Å². The van der Waals surface area contributed by atoms with Crippen molar-refractivity contribution in [3.63, 3.8) is 0 Å². The molecule has 0 bridgehead atoms. The van der Waals surface area contributed by atoms with Gasteiger partial charge in [0.05, 0.1) is 18.8 Å². The van der Waals surface area contributed by atoms with Gasteiger partial charge in [-0.05, 0) is 104 Å². The summed E-state index contributed by atoms with van der Waals surface area (Å²) in [4.78, 5) is 13.9. The topological polar surface area (TPSA) is 35.5 Å². The van der Waals surface area contributed by atoms with Gasteiger partial charge in [0.2, 0.25) is 0 Å². The van der Waals surface area contributed by atoms with Crippen LogP contribution >= 0.6 is 67.8 Å². The van der Waals surface area contributed by atoms with Gasteiger partial charge in [-0.1, -0.05) is 0 Å². The molecule has 7 heteroatoms.